The number of nitrogens with one attached hydrogen (secondary N) is 1. The number of carbonyl (C=O) groups excluding carboxylic acids is 2. The summed E-state index contributed by atoms with van der Waals surface area (Å²) in [5, 5.41) is 4.90. The van der Waals surface area contributed by atoms with Crippen LogP contribution in [0, 0.1) is 0 Å². The van der Waals surface area contributed by atoms with E-state index >= 15 is 0 Å². The summed E-state index contributed by atoms with van der Waals surface area (Å²) in [5.74, 6) is 0.0608. The zero-order valence-electron chi connectivity index (χ0n) is 11.1. The summed E-state index contributed by atoms with van der Waals surface area (Å²) in [6.45, 7) is 1.50. The van der Waals surface area contributed by atoms with Gasteiger partial charge in [-0.2, -0.15) is 5.10 Å². The van der Waals surface area contributed by atoms with E-state index < -0.39 is 10.8 Å². The lowest BCUT2D eigenvalue weighted by molar-refractivity contribution is -0.128. The number of thioether (sulfide) groups is 1. The lowest BCUT2D eigenvalue weighted by Crippen LogP contribution is -2.48. The van der Waals surface area contributed by atoms with Crippen LogP contribution in [0.4, 0.5) is 4.79 Å². The molecule has 1 saturated carbocycles. The minimum absolute atomic E-state index is 0.0608. The van der Waals surface area contributed by atoms with Gasteiger partial charge in [-0.25, -0.2) is 10.2 Å². The second-order valence-electron chi connectivity index (χ2n) is 5.15. The zero-order valence-corrected chi connectivity index (χ0v) is 11.9. The average molecular weight is 295 g/mol. The molecule has 1 unspecified atom stereocenters. The molecule has 0 bridgehead atoms. The Labute approximate surface area is 121 Å². The SMILES string of the molecule is NC(=O)N/N=C1\CCCCC12SC1=NCCCN1C2=O. The molecule has 0 aromatic carbocycles. The molecule has 1 aliphatic carbocycles. The van der Waals surface area contributed by atoms with Crippen LogP contribution >= 0.6 is 11.8 Å². The van der Waals surface area contributed by atoms with Crippen molar-refractivity contribution in [1.82, 2.24) is 10.3 Å². The number of amidine groups is 1. The first-order valence-electron chi connectivity index (χ1n) is 6.81. The molecular formula is C12H17N5O2S. The number of nitrogens with zero attached hydrogens (tertiary/aromatic N) is 3. The summed E-state index contributed by atoms with van der Waals surface area (Å²) in [4.78, 5) is 29.8. The third kappa shape index (κ3) is 2.07. The van der Waals surface area contributed by atoms with Crippen LogP contribution in [0.2, 0.25) is 0 Å². The highest BCUT2D eigenvalue weighted by atomic mass is 32.2. The number of urea groups is 1. The maximum Gasteiger partial charge on any atom is 0.332 e. The molecule has 0 radical (unpaired) electrons. The van der Waals surface area contributed by atoms with Crippen LogP contribution in [-0.2, 0) is 4.79 Å². The van der Waals surface area contributed by atoms with Gasteiger partial charge in [-0.05, 0) is 25.7 Å². The van der Waals surface area contributed by atoms with E-state index in [4.69, 9.17) is 5.73 Å². The Kier molecular flexibility index (Phi) is 3.41. The Bertz CT molecular complexity index is 518. The minimum atomic E-state index is -0.705. The number of rotatable bonds is 1. The summed E-state index contributed by atoms with van der Waals surface area (Å²) in [7, 11) is 0. The molecule has 1 saturated heterocycles. The van der Waals surface area contributed by atoms with Crippen molar-refractivity contribution >= 4 is 34.6 Å². The van der Waals surface area contributed by atoms with Gasteiger partial charge >= 0.3 is 6.03 Å². The van der Waals surface area contributed by atoms with Gasteiger partial charge in [0.2, 0.25) is 0 Å². The lowest BCUT2D eigenvalue weighted by atomic mass is 9.85. The van der Waals surface area contributed by atoms with Crippen molar-refractivity contribution in [2.24, 2.45) is 15.8 Å². The summed E-state index contributed by atoms with van der Waals surface area (Å²) in [6, 6.07) is -0.705. The molecule has 0 aromatic rings. The van der Waals surface area contributed by atoms with E-state index in [0.29, 0.717) is 6.42 Å². The summed E-state index contributed by atoms with van der Waals surface area (Å²) >= 11 is 1.49. The van der Waals surface area contributed by atoms with Crippen molar-refractivity contribution in [1.29, 1.82) is 0 Å². The quantitative estimate of drug-likeness (QED) is 0.695. The fourth-order valence-corrected chi connectivity index (χ4v) is 4.36. The second-order valence-corrected chi connectivity index (χ2v) is 6.41. The van der Waals surface area contributed by atoms with Gasteiger partial charge in [0.1, 0.15) is 4.75 Å². The van der Waals surface area contributed by atoms with Crippen molar-refractivity contribution in [2.45, 2.75) is 36.9 Å². The van der Waals surface area contributed by atoms with E-state index in [9.17, 15) is 9.59 Å². The number of hydrogen-bond donors (Lipinski definition) is 2. The smallest absolute Gasteiger partial charge is 0.332 e. The normalized spacial score (nSPS) is 31.4. The highest BCUT2D eigenvalue weighted by Gasteiger charge is 2.55. The third-order valence-corrected chi connectivity index (χ3v) is 5.33. The highest BCUT2D eigenvalue weighted by molar-refractivity contribution is 8.17. The molecule has 2 aliphatic heterocycles. The second kappa shape index (κ2) is 5.08. The van der Waals surface area contributed by atoms with Gasteiger partial charge in [0.25, 0.3) is 5.91 Å². The van der Waals surface area contributed by atoms with Crippen LogP contribution in [0.5, 0.6) is 0 Å². The first kappa shape index (κ1) is 13.4. The summed E-state index contributed by atoms with van der Waals surface area (Å²) in [6.07, 6.45) is 4.31. The van der Waals surface area contributed by atoms with Crippen LogP contribution in [0.25, 0.3) is 0 Å². The molecule has 2 fully saturated rings. The Balaban J connectivity index is 1.94. The zero-order chi connectivity index (χ0) is 14.2. The predicted molar refractivity (Wildman–Crippen MR) is 77.6 cm³/mol. The number of amides is 3. The maximum absolute atomic E-state index is 12.8. The highest BCUT2D eigenvalue weighted by Crippen LogP contribution is 2.46. The van der Waals surface area contributed by atoms with Gasteiger partial charge in [-0.15, -0.1) is 0 Å². The summed E-state index contributed by atoms with van der Waals surface area (Å²) < 4.78 is -0.677. The molecule has 1 spiro atoms. The minimum Gasteiger partial charge on any atom is -0.350 e. The van der Waals surface area contributed by atoms with Gasteiger partial charge in [-0.1, -0.05) is 18.2 Å². The molecule has 3 aliphatic rings. The lowest BCUT2D eigenvalue weighted by Gasteiger charge is -2.31. The van der Waals surface area contributed by atoms with Gasteiger partial charge in [0.15, 0.2) is 5.17 Å². The average Bonchev–Trinajstić information content (AvgIpc) is 2.72. The molecule has 20 heavy (non-hydrogen) atoms. The number of carbonyl (C=O) groups is 2. The van der Waals surface area contributed by atoms with Crippen LogP contribution in [0.3, 0.4) is 0 Å². The van der Waals surface area contributed by atoms with Gasteiger partial charge < -0.3 is 5.73 Å². The van der Waals surface area contributed by atoms with E-state index in [-0.39, 0.29) is 5.91 Å². The van der Waals surface area contributed by atoms with Crippen LogP contribution in [-0.4, -0.2) is 45.6 Å². The van der Waals surface area contributed by atoms with Gasteiger partial charge in [0.05, 0.1) is 5.71 Å². The van der Waals surface area contributed by atoms with Crippen molar-refractivity contribution in [3.8, 4) is 0 Å². The monoisotopic (exact) mass is 295 g/mol. The van der Waals surface area contributed by atoms with Gasteiger partial charge in [-0.3, -0.25) is 14.7 Å². The molecule has 7 nitrogen and oxygen atoms in total. The molecule has 3 amide bonds. The first-order valence-corrected chi connectivity index (χ1v) is 7.63. The Morgan fingerprint density at radius 2 is 2.30 bits per heavy atom. The standard InChI is InChI=1S/C12H17N5O2S/c13-10(19)16-15-8-4-1-2-5-12(8)9(18)17-7-3-6-14-11(17)20-12/h1-7H2,(H3,13,16,19)/b15-8+. The topological polar surface area (TPSA) is 100 Å². The first-order chi connectivity index (χ1) is 9.63. The van der Waals surface area contributed by atoms with Crippen molar-refractivity contribution < 1.29 is 9.59 Å². The molecule has 3 rings (SSSR count). The van der Waals surface area contributed by atoms with E-state index in [1.807, 2.05) is 0 Å². The number of hydrogen-bond acceptors (Lipinski definition) is 5. The van der Waals surface area contributed by atoms with Crippen molar-refractivity contribution in [3.63, 3.8) is 0 Å². The molecular weight excluding hydrogens is 278 g/mol. The van der Waals surface area contributed by atoms with Crippen molar-refractivity contribution in [3.05, 3.63) is 0 Å². The summed E-state index contributed by atoms with van der Waals surface area (Å²) in [5.41, 5.74) is 8.05. The van der Waals surface area contributed by atoms with E-state index in [2.05, 4.69) is 15.5 Å². The third-order valence-electron chi connectivity index (χ3n) is 3.83. The molecule has 108 valence electrons. The number of primary amides is 1. The fraction of sp³-hybridized carbons (Fsp3) is 0.667. The Morgan fingerprint density at radius 1 is 1.45 bits per heavy atom. The van der Waals surface area contributed by atoms with Crippen LogP contribution < -0.4 is 11.2 Å². The van der Waals surface area contributed by atoms with Crippen LogP contribution in [0.15, 0.2) is 10.1 Å². The Hall–Kier alpha value is -1.57. The molecule has 0 aromatic heterocycles. The van der Waals surface area contributed by atoms with Gasteiger partial charge in [0, 0.05) is 13.1 Å². The maximum atomic E-state index is 12.8. The number of aliphatic imine (C=N–C) groups is 1. The van der Waals surface area contributed by atoms with Crippen LogP contribution in [0.1, 0.15) is 32.1 Å². The number of hydrazone groups is 1. The van der Waals surface area contributed by atoms with Crippen molar-refractivity contribution in [2.75, 3.05) is 13.1 Å². The predicted octanol–water partition coefficient (Wildman–Crippen LogP) is 0.659. The van der Waals surface area contributed by atoms with E-state index in [0.717, 1.165) is 49.7 Å². The molecule has 8 heteroatoms. The molecule has 1 atom stereocenters. The van der Waals surface area contributed by atoms with E-state index in [1.165, 1.54) is 11.8 Å². The molecule has 3 N–H and O–H groups in total. The number of nitrogens with two attached hydrogens (primary N) is 1. The fourth-order valence-electron chi connectivity index (χ4n) is 2.90. The Morgan fingerprint density at radius 3 is 3.05 bits per heavy atom. The van der Waals surface area contributed by atoms with E-state index in [1.54, 1.807) is 4.90 Å². The largest absolute Gasteiger partial charge is 0.350 e. The molecule has 2 heterocycles. The number of fused-ring (bicyclic) bond motifs is 1.